The van der Waals surface area contributed by atoms with E-state index < -0.39 is 0 Å². The van der Waals surface area contributed by atoms with Gasteiger partial charge < -0.3 is 14.5 Å². The average Bonchev–Trinajstić information content (AvgIpc) is 3.24. The second-order valence-corrected chi connectivity index (χ2v) is 7.23. The fourth-order valence-electron chi connectivity index (χ4n) is 3.73. The Morgan fingerprint density at radius 2 is 1.71 bits per heavy atom. The van der Waals surface area contributed by atoms with Crippen LogP contribution in [-0.4, -0.2) is 33.8 Å². The van der Waals surface area contributed by atoms with Crippen molar-refractivity contribution < 1.29 is 9.47 Å². The molecule has 0 bridgehead atoms. The molecular weight excluding hydrogens is 392 g/mol. The lowest BCUT2D eigenvalue weighted by atomic mass is 10.1. The van der Waals surface area contributed by atoms with Crippen LogP contribution in [-0.2, 0) is 0 Å². The molecule has 5 aromatic rings. The quantitative estimate of drug-likeness (QED) is 0.478. The number of aromatic nitrogens is 4. The van der Waals surface area contributed by atoms with E-state index in [0.29, 0.717) is 39.6 Å². The minimum absolute atomic E-state index is 0.0192. The summed E-state index contributed by atoms with van der Waals surface area (Å²) in [5.41, 5.74) is 4.56. The summed E-state index contributed by atoms with van der Waals surface area (Å²) in [6.45, 7) is 1.79. The number of hydrogen-bond donors (Lipinski definition) is 1. The van der Waals surface area contributed by atoms with Crippen LogP contribution in [0.3, 0.4) is 0 Å². The predicted octanol–water partition coefficient (Wildman–Crippen LogP) is 4.23. The number of aromatic amines is 1. The van der Waals surface area contributed by atoms with E-state index in [4.69, 9.17) is 9.47 Å². The van der Waals surface area contributed by atoms with Crippen molar-refractivity contribution in [2.24, 2.45) is 0 Å². The van der Waals surface area contributed by atoms with Gasteiger partial charge in [0.25, 0.3) is 0 Å². The number of nitrogens with one attached hydrogen (secondary N) is 1. The Kier molecular flexibility index (Phi) is 4.43. The first-order valence-corrected chi connectivity index (χ1v) is 9.80. The van der Waals surface area contributed by atoms with Crippen LogP contribution < -0.4 is 14.9 Å². The fraction of sp³-hybridized carbons (Fsp3) is 0.125. The Morgan fingerprint density at radius 1 is 0.935 bits per heavy atom. The summed E-state index contributed by atoms with van der Waals surface area (Å²) in [5, 5.41) is 5.29. The predicted molar refractivity (Wildman–Crippen MR) is 120 cm³/mol. The molecule has 0 aliphatic heterocycles. The van der Waals surface area contributed by atoms with Gasteiger partial charge in [-0.05, 0) is 48.9 Å². The number of fused-ring (bicyclic) bond motifs is 2. The lowest BCUT2D eigenvalue weighted by Gasteiger charge is -2.09. The molecule has 3 heterocycles. The van der Waals surface area contributed by atoms with Gasteiger partial charge in [0.2, 0.25) is 0 Å². The maximum Gasteiger partial charge on any atom is 0.198 e. The van der Waals surface area contributed by atoms with Gasteiger partial charge in [0.05, 0.1) is 19.9 Å². The molecule has 0 radical (unpaired) electrons. The molecule has 5 rings (SSSR count). The van der Waals surface area contributed by atoms with E-state index in [-0.39, 0.29) is 5.43 Å². The van der Waals surface area contributed by atoms with Gasteiger partial charge >= 0.3 is 0 Å². The molecule has 7 nitrogen and oxygen atoms in total. The number of nitrogens with zero attached hydrogens (tertiary/aromatic N) is 3. The van der Waals surface area contributed by atoms with E-state index >= 15 is 0 Å². The number of H-pyrrole nitrogens is 1. The molecule has 0 amide bonds. The van der Waals surface area contributed by atoms with Crippen molar-refractivity contribution in [3.8, 4) is 34.1 Å². The van der Waals surface area contributed by atoms with Crippen molar-refractivity contribution in [1.29, 1.82) is 0 Å². The largest absolute Gasteiger partial charge is 0.493 e. The molecule has 0 atom stereocenters. The van der Waals surface area contributed by atoms with Crippen LogP contribution in [0.2, 0.25) is 0 Å². The minimum Gasteiger partial charge on any atom is -0.493 e. The first-order chi connectivity index (χ1) is 15.1. The highest BCUT2D eigenvalue weighted by atomic mass is 16.5. The van der Waals surface area contributed by atoms with Gasteiger partial charge in [0, 0.05) is 28.2 Å². The number of ether oxygens (including phenoxy) is 2. The third-order valence-electron chi connectivity index (χ3n) is 5.42. The van der Waals surface area contributed by atoms with Gasteiger partial charge in [-0.15, -0.1) is 5.10 Å². The van der Waals surface area contributed by atoms with Crippen molar-refractivity contribution in [3.63, 3.8) is 0 Å². The lowest BCUT2D eigenvalue weighted by Crippen LogP contribution is -2.09. The fourth-order valence-corrected chi connectivity index (χ4v) is 3.73. The number of rotatable bonds is 4. The summed E-state index contributed by atoms with van der Waals surface area (Å²) in [7, 11) is 3.22. The van der Waals surface area contributed by atoms with Crippen LogP contribution in [0.1, 0.15) is 5.56 Å². The molecule has 3 aromatic heterocycles. The summed E-state index contributed by atoms with van der Waals surface area (Å²) in [4.78, 5) is 20.7. The van der Waals surface area contributed by atoms with Gasteiger partial charge in [-0.3, -0.25) is 4.79 Å². The summed E-state index contributed by atoms with van der Waals surface area (Å²) < 4.78 is 12.4. The van der Waals surface area contributed by atoms with Crippen LogP contribution in [0.5, 0.6) is 11.5 Å². The average molecular weight is 412 g/mol. The van der Waals surface area contributed by atoms with E-state index in [1.54, 1.807) is 25.7 Å². The van der Waals surface area contributed by atoms with Crippen molar-refractivity contribution in [2.75, 3.05) is 14.2 Å². The van der Waals surface area contributed by atoms with Gasteiger partial charge in [0.15, 0.2) is 28.4 Å². The Morgan fingerprint density at radius 3 is 2.52 bits per heavy atom. The molecule has 1 N–H and O–H groups in total. The summed E-state index contributed by atoms with van der Waals surface area (Å²) in [6.07, 6.45) is 1.90. The van der Waals surface area contributed by atoms with Crippen molar-refractivity contribution in [2.45, 2.75) is 6.92 Å². The van der Waals surface area contributed by atoms with Crippen molar-refractivity contribution >= 4 is 16.6 Å². The first-order valence-electron chi connectivity index (χ1n) is 9.80. The summed E-state index contributed by atoms with van der Waals surface area (Å²) in [6, 6.07) is 17.1. The van der Waals surface area contributed by atoms with Crippen molar-refractivity contribution in [1.82, 2.24) is 19.6 Å². The van der Waals surface area contributed by atoms with Crippen LogP contribution in [0.15, 0.2) is 65.6 Å². The first kappa shape index (κ1) is 18.9. The van der Waals surface area contributed by atoms with Crippen LogP contribution in [0.4, 0.5) is 0 Å². The normalized spacial score (nSPS) is 11.2. The zero-order chi connectivity index (χ0) is 21.5. The molecule has 0 spiro atoms. The molecule has 7 heteroatoms. The summed E-state index contributed by atoms with van der Waals surface area (Å²) in [5.74, 6) is 1.81. The van der Waals surface area contributed by atoms with Gasteiger partial charge in [-0.1, -0.05) is 18.2 Å². The molecule has 154 valence electrons. The molecule has 0 aliphatic carbocycles. The van der Waals surface area contributed by atoms with E-state index in [9.17, 15) is 4.79 Å². The van der Waals surface area contributed by atoms with Crippen LogP contribution in [0.25, 0.3) is 39.2 Å². The maximum atomic E-state index is 12.8. The number of hydrogen-bond acceptors (Lipinski definition) is 5. The Labute approximate surface area is 177 Å². The van der Waals surface area contributed by atoms with Gasteiger partial charge in [-0.25, -0.2) is 9.50 Å². The smallest absolute Gasteiger partial charge is 0.198 e. The van der Waals surface area contributed by atoms with Gasteiger partial charge in [-0.2, -0.15) is 0 Å². The standard InChI is InChI=1S/C24H20N4O3/c1-14-22(25-18-7-5-4-6-17(18)23(14)29)24-26-21-11-9-16(13-28(21)27-24)15-8-10-19(30-2)20(12-15)31-3/h4-13H,1-3H3,(H,25,29). The molecule has 0 saturated heterocycles. The second kappa shape index (κ2) is 7.28. The highest BCUT2D eigenvalue weighted by Crippen LogP contribution is 2.32. The maximum absolute atomic E-state index is 12.8. The topological polar surface area (TPSA) is 81.5 Å². The lowest BCUT2D eigenvalue weighted by molar-refractivity contribution is 0.355. The van der Waals surface area contributed by atoms with E-state index in [0.717, 1.165) is 16.6 Å². The Bertz CT molecular complexity index is 1500. The third kappa shape index (κ3) is 3.11. The third-order valence-corrected chi connectivity index (χ3v) is 5.42. The van der Waals surface area contributed by atoms with E-state index in [1.165, 1.54) is 0 Å². The summed E-state index contributed by atoms with van der Waals surface area (Å²) >= 11 is 0. The monoisotopic (exact) mass is 412 g/mol. The molecule has 0 saturated carbocycles. The SMILES string of the molecule is COc1ccc(-c2ccc3nc(-c4[nH]c5ccccc5c(=O)c4C)nn3c2)cc1OC. The molecular formula is C24H20N4O3. The minimum atomic E-state index is -0.0192. The van der Waals surface area contributed by atoms with Gasteiger partial charge in [0.1, 0.15) is 0 Å². The number of para-hydroxylation sites is 1. The Balaban J connectivity index is 1.62. The van der Waals surface area contributed by atoms with E-state index in [2.05, 4.69) is 15.1 Å². The molecule has 0 fully saturated rings. The zero-order valence-electron chi connectivity index (χ0n) is 17.3. The Hall–Kier alpha value is -4.13. The zero-order valence-corrected chi connectivity index (χ0v) is 17.3. The van der Waals surface area contributed by atoms with Crippen molar-refractivity contribution in [3.05, 3.63) is 76.6 Å². The highest BCUT2D eigenvalue weighted by Gasteiger charge is 2.15. The molecule has 0 aliphatic rings. The highest BCUT2D eigenvalue weighted by molar-refractivity contribution is 5.82. The van der Waals surface area contributed by atoms with Crippen LogP contribution in [0, 0.1) is 6.92 Å². The molecule has 0 unspecified atom stereocenters. The number of benzene rings is 2. The number of pyridine rings is 2. The number of methoxy groups -OCH3 is 2. The molecule has 31 heavy (non-hydrogen) atoms. The van der Waals surface area contributed by atoms with Crippen LogP contribution >= 0.6 is 0 Å². The second-order valence-electron chi connectivity index (χ2n) is 7.23. The molecule has 2 aromatic carbocycles. The van der Waals surface area contributed by atoms with E-state index in [1.807, 2.05) is 60.8 Å².